The van der Waals surface area contributed by atoms with Crippen LogP contribution in [-0.2, 0) is 0 Å². The van der Waals surface area contributed by atoms with Crippen molar-refractivity contribution in [1.82, 2.24) is 9.97 Å². The van der Waals surface area contributed by atoms with Gasteiger partial charge in [-0.15, -0.1) is 0 Å². The number of aryl methyl sites for hydroxylation is 1. The van der Waals surface area contributed by atoms with Crippen LogP contribution in [0.1, 0.15) is 39.2 Å². The number of ether oxygens (including phenoxy) is 1. The van der Waals surface area contributed by atoms with Crippen molar-refractivity contribution in [3.63, 3.8) is 0 Å². The van der Waals surface area contributed by atoms with Crippen LogP contribution >= 0.6 is 0 Å². The maximum atomic E-state index is 5.78. The molecule has 1 aromatic rings. The predicted molar refractivity (Wildman–Crippen MR) is 70.5 cm³/mol. The average molecular weight is 237 g/mol. The van der Waals surface area contributed by atoms with E-state index in [1.54, 1.807) is 6.20 Å². The summed E-state index contributed by atoms with van der Waals surface area (Å²) in [5, 5.41) is 3.09. The first-order chi connectivity index (χ1) is 8.21. The number of rotatable bonds is 7. The molecule has 0 amide bonds. The molecule has 0 aliphatic heterocycles. The molecule has 96 valence electrons. The van der Waals surface area contributed by atoms with Crippen molar-refractivity contribution >= 4 is 5.95 Å². The van der Waals surface area contributed by atoms with Gasteiger partial charge in [-0.1, -0.05) is 26.7 Å². The van der Waals surface area contributed by atoms with Crippen molar-refractivity contribution in [2.45, 2.75) is 40.5 Å². The summed E-state index contributed by atoms with van der Waals surface area (Å²) in [6, 6.07) is 0. The number of anilines is 1. The van der Waals surface area contributed by atoms with Crippen molar-refractivity contribution in [2.75, 3.05) is 18.5 Å². The molecule has 0 aromatic carbocycles. The molecule has 0 atom stereocenters. The lowest BCUT2D eigenvalue weighted by atomic mass is 10.1. The van der Waals surface area contributed by atoms with Gasteiger partial charge in [0.2, 0.25) is 11.8 Å². The highest BCUT2D eigenvalue weighted by Gasteiger charge is 2.08. The van der Waals surface area contributed by atoms with Gasteiger partial charge in [0.05, 0.1) is 6.61 Å². The minimum absolute atomic E-state index is 0.604. The lowest BCUT2D eigenvalue weighted by Crippen LogP contribution is -2.12. The average Bonchev–Trinajstić information content (AvgIpc) is 2.34. The molecule has 1 N–H and O–H groups in total. The number of hydrogen-bond donors (Lipinski definition) is 1. The third kappa shape index (κ3) is 4.21. The monoisotopic (exact) mass is 237 g/mol. The molecular weight excluding hydrogens is 214 g/mol. The molecule has 0 bridgehead atoms. The van der Waals surface area contributed by atoms with Crippen LogP contribution in [0, 0.1) is 12.8 Å². The van der Waals surface area contributed by atoms with E-state index >= 15 is 0 Å². The normalized spacial score (nSPS) is 10.6. The zero-order valence-corrected chi connectivity index (χ0v) is 11.3. The maximum Gasteiger partial charge on any atom is 0.225 e. The van der Waals surface area contributed by atoms with E-state index in [2.05, 4.69) is 29.1 Å². The molecule has 4 nitrogen and oxygen atoms in total. The van der Waals surface area contributed by atoms with Gasteiger partial charge in [-0.05, 0) is 19.8 Å². The van der Waals surface area contributed by atoms with Crippen molar-refractivity contribution in [2.24, 2.45) is 5.92 Å². The molecule has 0 radical (unpaired) electrons. The quantitative estimate of drug-likeness (QED) is 0.792. The highest BCUT2D eigenvalue weighted by Crippen LogP contribution is 2.17. The Morgan fingerprint density at radius 3 is 2.59 bits per heavy atom. The van der Waals surface area contributed by atoms with Gasteiger partial charge in [-0.25, -0.2) is 4.98 Å². The predicted octanol–water partition coefficient (Wildman–Crippen LogP) is 3.03. The lowest BCUT2D eigenvalue weighted by molar-refractivity contribution is 0.231. The Kier molecular flexibility index (Phi) is 5.73. The third-order valence-corrected chi connectivity index (χ3v) is 2.87. The number of nitrogens with zero attached hydrogens (tertiary/aromatic N) is 2. The summed E-state index contributed by atoms with van der Waals surface area (Å²) in [7, 11) is 0. The summed E-state index contributed by atoms with van der Waals surface area (Å²) in [6.45, 7) is 9.92. The van der Waals surface area contributed by atoms with Crippen LogP contribution in [0.25, 0.3) is 0 Å². The van der Waals surface area contributed by atoms with E-state index in [1.165, 1.54) is 0 Å². The van der Waals surface area contributed by atoms with Gasteiger partial charge in [-0.2, -0.15) is 4.98 Å². The Morgan fingerprint density at radius 2 is 2.00 bits per heavy atom. The zero-order valence-electron chi connectivity index (χ0n) is 11.3. The fourth-order valence-corrected chi connectivity index (χ4v) is 1.54. The zero-order chi connectivity index (χ0) is 12.7. The van der Waals surface area contributed by atoms with Crippen LogP contribution in [0.5, 0.6) is 5.88 Å². The van der Waals surface area contributed by atoms with Crippen LogP contribution in [-0.4, -0.2) is 23.1 Å². The molecule has 0 aliphatic rings. The van der Waals surface area contributed by atoms with Crippen molar-refractivity contribution in [3.8, 4) is 5.88 Å². The third-order valence-electron chi connectivity index (χ3n) is 2.87. The molecule has 0 fully saturated rings. The van der Waals surface area contributed by atoms with E-state index in [4.69, 9.17) is 4.74 Å². The maximum absolute atomic E-state index is 5.78. The molecule has 1 heterocycles. The number of hydrogen-bond acceptors (Lipinski definition) is 4. The van der Waals surface area contributed by atoms with Gasteiger partial charge in [0, 0.05) is 18.3 Å². The number of aromatic nitrogens is 2. The van der Waals surface area contributed by atoms with Gasteiger partial charge in [0.15, 0.2) is 0 Å². The van der Waals surface area contributed by atoms with Gasteiger partial charge < -0.3 is 10.1 Å². The summed E-state index contributed by atoms with van der Waals surface area (Å²) in [6.07, 6.45) is 4.08. The van der Waals surface area contributed by atoms with E-state index < -0.39 is 0 Å². The van der Waals surface area contributed by atoms with Crippen LogP contribution in [0.4, 0.5) is 5.95 Å². The van der Waals surface area contributed by atoms with Crippen molar-refractivity contribution in [3.05, 3.63) is 11.8 Å². The minimum Gasteiger partial charge on any atom is -0.477 e. The minimum atomic E-state index is 0.604. The first-order valence-electron chi connectivity index (χ1n) is 6.41. The van der Waals surface area contributed by atoms with Gasteiger partial charge in [0.1, 0.15) is 0 Å². The van der Waals surface area contributed by atoms with E-state index in [1.807, 2.05) is 13.8 Å². The summed E-state index contributed by atoms with van der Waals surface area (Å²) in [4.78, 5) is 8.55. The summed E-state index contributed by atoms with van der Waals surface area (Å²) in [5.41, 5.74) is 0.984. The SMILES string of the molecule is CCNc1ncc(C)c(OCC(CC)CC)n1. The summed E-state index contributed by atoms with van der Waals surface area (Å²) in [5.74, 6) is 1.94. The molecule has 4 heteroatoms. The van der Waals surface area contributed by atoms with Gasteiger partial charge in [-0.3, -0.25) is 0 Å². The molecule has 0 unspecified atom stereocenters. The molecular formula is C13H23N3O. The molecule has 0 spiro atoms. The Hall–Kier alpha value is -1.32. The second-order valence-electron chi connectivity index (χ2n) is 4.21. The smallest absolute Gasteiger partial charge is 0.225 e. The molecule has 0 saturated carbocycles. The fraction of sp³-hybridized carbons (Fsp3) is 0.692. The van der Waals surface area contributed by atoms with E-state index in [0.29, 0.717) is 17.7 Å². The Balaban J connectivity index is 2.65. The Morgan fingerprint density at radius 1 is 1.29 bits per heavy atom. The standard InChI is InChI=1S/C13H23N3O/c1-5-11(6-2)9-17-12-10(4)8-15-13(16-12)14-7-3/h8,11H,5-7,9H2,1-4H3,(H,14,15,16). The van der Waals surface area contributed by atoms with Crippen LogP contribution in [0.3, 0.4) is 0 Å². The van der Waals surface area contributed by atoms with Crippen molar-refractivity contribution < 1.29 is 4.74 Å². The largest absolute Gasteiger partial charge is 0.477 e. The molecule has 17 heavy (non-hydrogen) atoms. The Bertz CT molecular complexity index is 337. The number of nitrogens with one attached hydrogen (secondary N) is 1. The molecule has 0 aliphatic carbocycles. The van der Waals surface area contributed by atoms with E-state index in [0.717, 1.165) is 31.6 Å². The second-order valence-corrected chi connectivity index (χ2v) is 4.21. The van der Waals surface area contributed by atoms with Crippen LogP contribution in [0.15, 0.2) is 6.20 Å². The highest BCUT2D eigenvalue weighted by atomic mass is 16.5. The summed E-state index contributed by atoms with van der Waals surface area (Å²) >= 11 is 0. The molecule has 0 saturated heterocycles. The fourth-order valence-electron chi connectivity index (χ4n) is 1.54. The van der Waals surface area contributed by atoms with Crippen LogP contribution < -0.4 is 10.1 Å². The van der Waals surface area contributed by atoms with Crippen molar-refractivity contribution in [1.29, 1.82) is 0 Å². The summed E-state index contributed by atoms with van der Waals surface area (Å²) < 4.78 is 5.78. The topological polar surface area (TPSA) is 47.0 Å². The first kappa shape index (κ1) is 13.7. The van der Waals surface area contributed by atoms with E-state index in [-0.39, 0.29) is 0 Å². The first-order valence-corrected chi connectivity index (χ1v) is 6.41. The Labute approximate surface area is 104 Å². The lowest BCUT2D eigenvalue weighted by Gasteiger charge is -2.14. The van der Waals surface area contributed by atoms with Gasteiger partial charge >= 0.3 is 0 Å². The van der Waals surface area contributed by atoms with Crippen LogP contribution in [0.2, 0.25) is 0 Å². The molecule has 1 rings (SSSR count). The van der Waals surface area contributed by atoms with E-state index in [9.17, 15) is 0 Å². The molecule has 1 aromatic heterocycles. The highest BCUT2D eigenvalue weighted by molar-refractivity contribution is 5.32. The second kappa shape index (κ2) is 7.09. The van der Waals surface area contributed by atoms with Gasteiger partial charge in [0.25, 0.3) is 0 Å².